The first-order valence-corrected chi connectivity index (χ1v) is 11.0. The maximum atomic E-state index is 10.2. The highest BCUT2D eigenvalue weighted by atomic mass is 16.1. The van der Waals surface area contributed by atoms with Gasteiger partial charge in [0.25, 0.3) is 0 Å². The topological polar surface area (TPSA) is 17.1 Å². The van der Waals surface area contributed by atoms with Gasteiger partial charge in [0.2, 0.25) is 0 Å². The highest BCUT2D eigenvalue weighted by Crippen LogP contribution is 2.13. The van der Waals surface area contributed by atoms with Crippen LogP contribution < -0.4 is 0 Å². The highest BCUT2D eigenvalue weighted by Gasteiger charge is 1.94. The van der Waals surface area contributed by atoms with Gasteiger partial charge in [-0.05, 0) is 32.1 Å². The van der Waals surface area contributed by atoms with Crippen LogP contribution in [0.2, 0.25) is 0 Å². The Morgan fingerprint density at radius 1 is 0.458 bits per heavy atom. The SMILES string of the molecule is CCCCC/C=C/CCCCCCCCCCCCCCCC=O. The molecule has 0 saturated carbocycles. The van der Waals surface area contributed by atoms with E-state index in [0.717, 1.165) is 19.1 Å². The maximum absolute atomic E-state index is 10.2. The maximum Gasteiger partial charge on any atom is 0.119 e. The van der Waals surface area contributed by atoms with E-state index in [2.05, 4.69) is 19.1 Å². The Kier molecular flexibility index (Phi) is 21.9. The monoisotopic (exact) mass is 336 g/mol. The van der Waals surface area contributed by atoms with Gasteiger partial charge in [-0.3, -0.25) is 0 Å². The molecule has 0 spiro atoms. The molecule has 0 aromatic rings. The van der Waals surface area contributed by atoms with Crippen molar-refractivity contribution in [2.75, 3.05) is 0 Å². The number of rotatable bonds is 20. The molecule has 0 saturated heterocycles. The van der Waals surface area contributed by atoms with E-state index < -0.39 is 0 Å². The van der Waals surface area contributed by atoms with Crippen LogP contribution in [-0.4, -0.2) is 6.29 Å². The molecular weight excluding hydrogens is 292 g/mol. The van der Waals surface area contributed by atoms with E-state index in [1.807, 2.05) is 0 Å². The second kappa shape index (κ2) is 22.4. The third-order valence-electron chi connectivity index (χ3n) is 4.83. The number of allylic oxidation sites excluding steroid dienone is 2. The highest BCUT2D eigenvalue weighted by molar-refractivity contribution is 5.48. The molecule has 0 bridgehead atoms. The molecule has 0 aliphatic rings. The molecule has 0 aromatic carbocycles. The minimum atomic E-state index is 0.759. The van der Waals surface area contributed by atoms with Crippen LogP contribution in [0.25, 0.3) is 0 Å². The Morgan fingerprint density at radius 2 is 0.792 bits per heavy atom. The largest absolute Gasteiger partial charge is 0.303 e. The van der Waals surface area contributed by atoms with Crippen molar-refractivity contribution >= 4 is 6.29 Å². The molecule has 1 heteroatoms. The molecule has 0 rings (SSSR count). The normalized spacial score (nSPS) is 11.4. The molecule has 0 heterocycles. The van der Waals surface area contributed by atoms with E-state index in [1.54, 1.807) is 0 Å². The van der Waals surface area contributed by atoms with Crippen LogP contribution in [0, 0.1) is 0 Å². The molecular formula is C23H44O. The number of hydrogen-bond acceptors (Lipinski definition) is 1. The minimum absolute atomic E-state index is 0.759. The summed E-state index contributed by atoms with van der Waals surface area (Å²) in [6.07, 6.45) is 31.0. The van der Waals surface area contributed by atoms with Crippen LogP contribution in [0.5, 0.6) is 0 Å². The summed E-state index contributed by atoms with van der Waals surface area (Å²) in [6, 6.07) is 0. The first-order chi connectivity index (χ1) is 11.9. The second-order valence-corrected chi connectivity index (χ2v) is 7.31. The Labute approximate surface area is 152 Å². The summed E-state index contributed by atoms with van der Waals surface area (Å²) in [5, 5.41) is 0. The lowest BCUT2D eigenvalue weighted by molar-refractivity contribution is -0.107. The van der Waals surface area contributed by atoms with Crippen molar-refractivity contribution < 1.29 is 4.79 Å². The van der Waals surface area contributed by atoms with E-state index in [1.165, 1.54) is 109 Å². The van der Waals surface area contributed by atoms with Crippen LogP contribution in [-0.2, 0) is 4.79 Å². The van der Waals surface area contributed by atoms with Gasteiger partial charge in [-0.2, -0.15) is 0 Å². The molecule has 0 atom stereocenters. The summed E-state index contributed by atoms with van der Waals surface area (Å²) in [5.74, 6) is 0. The predicted molar refractivity (Wildman–Crippen MR) is 109 cm³/mol. The lowest BCUT2D eigenvalue weighted by Crippen LogP contribution is -1.83. The smallest absolute Gasteiger partial charge is 0.119 e. The molecule has 0 fully saturated rings. The number of hydrogen-bond donors (Lipinski definition) is 0. The average molecular weight is 337 g/mol. The van der Waals surface area contributed by atoms with Gasteiger partial charge in [-0.15, -0.1) is 0 Å². The summed E-state index contributed by atoms with van der Waals surface area (Å²) in [4.78, 5) is 10.2. The van der Waals surface area contributed by atoms with E-state index in [9.17, 15) is 4.79 Å². The van der Waals surface area contributed by atoms with Crippen LogP contribution in [0.15, 0.2) is 12.2 Å². The molecule has 1 nitrogen and oxygen atoms in total. The van der Waals surface area contributed by atoms with Crippen molar-refractivity contribution in [1.82, 2.24) is 0 Å². The fraction of sp³-hybridized carbons (Fsp3) is 0.870. The fourth-order valence-corrected chi connectivity index (χ4v) is 3.18. The van der Waals surface area contributed by atoms with Crippen molar-refractivity contribution in [3.05, 3.63) is 12.2 Å². The van der Waals surface area contributed by atoms with Gasteiger partial charge in [-0.25, -0.2) is 0 Å². The Balaban J connectivity index is 3.01. The van der Waals surface area contributed by atoms with Gasteiger partial charge >= 0.3 is 0 Å². The van der Waals surface area contributed by atoms with Crippen LogP contribution in [0.3, 0.4) is 0 Å². The Hall–Kier alpha value is -0.590. The van der Waals surface area contributed by atoms with Gasteiger partial charge in [0.05, 0.1) is 0 Å². The van der Waals surface area contributed by atoms with Gasteiger partial charge < -0.3 is 4.79 Å². The molecule has 0 radical (unpaired) electrons. The first kappa shape index (κ1) is 23.4. The molecule has 0 aliphatic carbocycles. The van der Waals surface area contributed by atoms with Gasteiger partial charge in [-0.1, -0.05) is 103 Å². The quantitative estimate of drug-likeness (QED) is 0.124. The number of unbranched alkanes of at least 4 members (excludes halogenated alkanes) is 17. The van der Waals surface area contributed by atoms with E-state index >= 15 is 0 Å². The summed E-state index contributed by atoms with van der Waals surface area (Å²) in [6.45, 7) is 2.27. The molecule has 142 valence electrons. The van der Waals surface area contributed by atoms with E-state index in [4.69, 9.17) is 0 Å². The number of aldehydes is 1. The van der Waals surface area contributed by atoms with Gasteiger partial charge in [0, 0.05) is 6.42 Å². The Bertz CT molecular complexity index is 257. The third kappa shape index (κ3) is 21.4. The zero-order valence-electron chi connectivity index (χ0n) is 16.6. The number of carbonyl (C=O) groups is 1. The second-order valence-electron chi connectivity index (χ2n) is 7.31. The first-order valence-electron chi connectivity index (χ1n) is 11.0. The van der Waals surface area contributed by atoms with Crippen molar-refractivity contribution in [2.24, 2.45) is 0 Å². The zero-order chi connectivity index (χ0) is 17.6. The minimum Gasteiger partial charge on any atom is -0.303 e. The third-order valence-corrected chi connectivity index (χ3v) is 4.83. The predicted octanol–water partition coefficient (Wildman–Crippen LogP) is 8.17. The zero-order valence-corrected chi connectivity index (χ0v) is 16.6. The summed E-state index contributed by atoms with van der Waals surface area (Å²) < 4.78 is 0. The molecule has 24 heavy (non-hydrogen) atoms. The van der Waals surface area contributed by atoms with Crippen molar-refractivity contribution in [3.63, 3.8) is 0 Å². The van der Waals surface area contributed by atoms with Crippen LogP contribution in [0.4, 0.5) is 0 Å². The fourth-order valence-electron chi connectivity index (χ4n) is 3.18. The van der Waals surface area contributed by atoms with Crippen LogP contribution in [0.1, 0.15) is 129 Å². The lowest BCUT2D eigenvalue weighted by atomic mass is 10.0. The number of carbonyl (C=O) groups excluding carboxylic acids is 1. The van der Waals surface area contributed by atoms with Gasteiger partial charge in [0.15, 0.2) is 0 Å². The average Bonchev–Trinajstić information content (AvgIpc) is 2.60. The summed E-state index contributed by atoms with van der Waals surface area (Å²) >= 11 is 0. The lowest BCUT2D eigenvalue weighted by Gasteiger charge is -2.02. The summed E-state index contributed by atoms with van der Waals surface area (Å²) in [5.41, 5.74) is 0. The van der Waals surface area contributed by atoms with Crippen molar-refractivity contribution in [3.8, 4) is 0 Å². The molecule has 0 aromatic heterocycles. The van der Waals surface area contributed by atoms with Crippen molar-refractivity contribution in [1.29, 1.82) is 0 Å². The molecule has 0 aliphatic heterocycles. The van der Waals surface area contributed by atoms with E-state index in [-0.39, 0.29) is 0 Å². The van der Waals surface area contributed by atoms with Gasteiger partial charge in [0.1, 0.15) is 6.29 Å². The Morgan fingerprint density at radius 3 is 1.17 bits per heavy atom. The molecule has 0 unspecified atom stereocenters. The van der Waals surface area contributed by atoms with Crippen molar-refractivity contribution in [2.45, 2.75) is 129 Å². The summed E-state index contributed by atoms with van der Waals surface area (Å²) in [7, 11) is 0. The van der Waals surface area contributed by atoms with E-state index in [0.29, 0.717) is 0 Å². The molecule has 0 amide bonds. The molecule has 0 N–H and O–H groups in total. The standard InChI is InChI=1S/C23H44O/c1-2-3-4-5-6-7-8-9-10-11-12-13-14-15-16-17-18-19-20-21-22-23-24/h6-7,23H,2-5,8-22H2,1H3/b7-6+. The van der Waals surface area contributed by atoms with Crippen LogP contribution >= 0.6 is 0 Å².